The number of hydrogen-bond acceptors (Lipinski definition) is 4. The van der Waals surface area contributed by atoms with Gasteiger partial charge in [-0.25, -0.2) is 4.79 Å². The number of urea groups is 1. The van der Waals surface area contributed by atoms with Crippen molar-refractivity contribution in [3.05, 3.63) is 59.4 Å². The summed E-state index contributed by atoms with van der Waals surface area (Å²) in [7, 11) is 0. The van der Waals surface area contributed by atoms with Crippen LogP contribution in [0.1, 0.15) is 94.5 Å². The van der Waals surface area contributed by atoms with Gasteiger partial charge in [-0.15, -0.1) is 0 Å². The predicted octanol–water partition coefficient (Wildman–Crippen LogP) is 5.84. The molecule has 0 saturated heterocycles. The molecule has 1 aromatic carbocycles. The molecule has 1 heterocycles. The lowest BCUT2D eigenvalue weighted by Gasteiger charge is -2.39. The zero-order valence-electron chi connectivity index (χ0n) is 21.1. The lowest BCUT2D eigenvalue weighted by atomic mass is 9.81. The number of para-hydroxylation sites is 1. The van der Waals surface area contributed by atoms with E-state index in [2.05, 4.69) is 50.1 Å². The third-order valence-corrected chi connectivity index (χ3v) is 6.91. The molecule has 0 spiro atoms. The topological polar surface area (TPSA) is 85.7 Å². The van der Waals surface area contributed by atoms with Gasteiger partial charge >= 0.3 is 6.03 Å². The van der Waals surface area contributed by atoms with Gasteiger partial charge in [-0.05, 0) is 53.9 Å². The molecule has 0 aliphatic heterocycles. The molecule has 2 atom stereocenters. The Kier molecular flexibility index (Phi) is 9.48. The van der Waals surface area contributed by atoms with E-state index in [1.54, 1.807) is 11.1 Å². The average Bonchev–Trinajstić information content (AvgIpc) is 2.84. The maximum Gasteiger partial charge on any atom is 0.322 e. The summed E-state index contributed by atoms with van der Waals surface area (Å²) in [4.78, 5) is 20.3. The van der Waals surface area contributed by atoms with Crippen molar-refractivity contribution in [2.24, 2.45) is 5.92 Å². The number of carbonyl (C=O) groups excluding carboxylic acids is 1. The fourth-order valence-corrected chi connectivity index (χ4v) is 5.14. The number of nitrogens with zero attached hydrogens (tertiary/aromatic N) is 2. The Hall–Kier alpha value is -2.44. The van der Waals surface area contributed by atoms with E-state index in [0.29, 0.717) is 0 Å². The SMILES string of the molecule is CC(C)c1cccc(C(C)C)c1NC(=O)N(CC(O)CO)C(c1ccccn1)C1CCCCC1. The van der Waals surface area contributed by atoms with Crippen LogP contribution >= 0.6 is 0 Å². The zero-order valence-corrected chi connectivity index (χ0v) is 21.1. The van der Waals surface area contributed by atoms with Crippen molar-refractivity contribution in [3.63, 3.8) is 0 Å². The van der Waals surface area contributed by atoms with Gasteiger partial charge in [0.1, 0.15) is 0 Å². The van der Waals surface area contributed by atoms with Gasteiger partial charge in [-0.2, -0.15) is 0 Å². The minimum absolute atomic E-state index is 0.0426. The lowest BCUT2D eigenvalue weighted by molar-refractivity contribution is 0.0448. The first kappa shape index (κ1) is 26.2. The minimum Gasteiger partial charge on any atom is -0.394 e. The van der Waals surface area contributed by atoms with Crippen molar-refractivity contribution in [2.75, 3.05) is 18.5 Å². The zero-order chi connectivity index (χ0) is 24.7. The van der Waals surface area contributed by atoms with E-state index in [0.717, 1.165) is 48.2 Å². The second-order valence-corrected chi connectivity index (χ2v) is 10.1. The molecular weight excluding hydrogens is 426 g/mol. The summed E-state index contributed by atoms with van der Waals surface area (Å²) in [6.45, 7) is 8.15. The summed E-state index contributed by atoms with van der Waals surface area (Å²) >= 11 is 0. The first-order valence-corrected chi connectivity index (χ1v) is 12.7. The van der Waals surface area contributed by atoms with Crippen molar-refractivity contribution in [2.45, 2.75) is 83.8 Å². The first-order chi connectivity index (χ1) is 16.3. The average molecular weight is 468 g/mol. The maximum atomic E-state index is 14.0. The van der Waals surface area contributed by atoms with E-state index in [1.165, 1.54) is 6.42 Å². The number of anilines is 1. The highest BCUT2D eigenvalue weighted by molar-refractivity contribution is 5.91. The molecule has 1 aromatic heterocycles. The number of amides is 2. The predicted molar refractivity (Wildman–Crippen MR) is 137 cm³/mol. The standard InChI is InChI=1S/C28H41N3O3/c1-19(2)23-13-10-14-24(20(3)4)26(23)30-28(34)31(17-22(33)18-32)27(21-11-6-5-7-12-21)25-15-8-9-16-29-25/h8-10,13-16,19-22,27,32-33H,5-7,11-12,17-18H2,1-4H3,(H,30,34). The molecule has 1 aliphatic carbocycles. The molecule has 3 rings (SSSR count). The van der Waals surface area contributed by atoms with E-state index in [1.807, 2.05) is 24.3 Å². The van der Waals surface area contributed by atoms with Gasteiger partial charge in [0.2, 0.25) is 0 Å². The van der Waals surface area contributed by atoms with Crippen LogP contribution in [0, 0.1) is 5.92 Å². The van der Waals surface area contributed by atoms with E-state index in [9.17, 15) is 15.0 Å². The van der Waals surface area contributed by atoms with Crippen LogP contribution in [-0.4, -0.2) is 45.4 Å². The smallest absolute Gasteiger partial charge is 0.322 e. The van der Waals surface area contributed by atoms with Crippen molar-refractivity contribution in [1.82, 2.24) is 9.88 Å². The highest BCUT2D eigenvalue weighted by Crippen LogP contribution is 2.39. The van der Waals surface area contributed by atoms with Crippen LogP contribution < -0.4 is 5.32 Å². The molecule has 34 heavy (non-hydrogen) atoms. The minimum atomic E-state index is -1.02. The van der Waals surface area contributed by atoms with Crippen molar-refractivity contribution >= 4 is 11.7 Å². The summed E-state index contributed by atoms with van der Waals surface area (Å²) in [5.41, 5.74) is 3.86. The van der Waals surface area contributed by atoms with E-state index < -0.39 is 12.7 Å². The monoisotopic (exact) mass is 467 g/mol. The number of pyridine rings is 1. The van der Waals surface area contributed by atoms with E-state index in [4.69, 9.17) is 0 Å². The van der Waals surface area contributed by atoms with Gasteiger partial charge in [-0.1, -0.05) is 71.2 Å². The number of rotatable bonds is 9. The van der Waals surface area contributed by atoms with Crippen LogP contribution in [-0.2, 0) is 0 Å². The molecule has 2 amide bonds. The van der Waals surface area contributed by atoms with E-state index in [-0.39, 0.29) is 36.4 Å². The number of aliphatic hydroxyl groups excluding tert-OH is 2. The quantitative estimate of drug-likeness (QED) is 0.433. The van der Waals surface area contributed by atoms with Gasteiger partial charge in [-0.3, -0.25) is 4.98 Å². The Morgan fingerprint density at radius 1 is 1.03 bits per heavy atom. The van der Waals surface area contributed by atoms with Crippen LogP contribution in [0.2, 0.25) is 0 Å². The highest BCUT2D eigenvalue weighted by atomic mass is 16.3. The molecule has 2 unspecified atom stereocenters. The van der Waals surface area contributed by atoms with Crippen LogP contribution in [0.3, 0.4) is 0 Å². The number of hydrogen-bond donors (Lipinski definition) is 3. The molecule has 3 N–H and O–H groups in total. The molecule has 1 saturated carbocycles. The summed E-state index contributed by atoms with van der Waals surface area (Å²) in [6.07, 6.45) is 6.22. The van der Waals surface area contributed by atoms with E-state index >= 15 is 0 Å². The fraction of sp³-hybridized carbons (Fsp3) is 0.571. The third kappa shape index (κ3) is 6.36. The summed E-state index contributed by atoms with van der Waals surface area (Å²) in [6, 6.07) is 11.4. The van der Waals surface area contributed by atoms with Gasteiger partial charge in [0.25, 0.3) is 0 Å². The number of carbonyl (C=O) groups is 1. The van der Waals surface area contributed by atoms with Crippen LogP contribution in [0.5, 0.6) is 0 Å². The molecule has 0 radical (unpaired) electrons. The van der Waals surface area contributed by atoms with Crippen molar-refractivity contribution < 1.29 is 15.0 Å². The lowest BCUT2D eigenvalue weighted by Crippen LogP contribution is -2.46. The summed E-state index contributed by atoms with van der Waals surface area (Å²) in [5, 5.41) is 23.3. The second-order valence-electron chi connectivity index (χ2n) is 10.1. The fourth-order valence-electron chi connectivity index (χ4n) is 5.14. The molecule has 6 heteroatoms. The molecular formula is C28H41N3O3. The van der Waals surface area contributed by atoms with Gasteiger partial charge in [0.15, 0.2) is 0 Å². The molecule has 6 nitrogen and oxygen atoms in total. The Morgan fingerprint density at radius 2 is 1.68 bits per heavy atom. The summed E-state index contributed by atoms with van der Waals surface area (Å²) < 4.78 is 0. The number of benzene rings is 1. The third-order valence-electron chi connectivity index (χ3n) is 6.91. The molecule has 0 bridgehead atoms. The normalized spacial score (nSPS) is 16.5. The first-order valence-electron chi connectivity index (χ1n) is 12.7. The second kappa shape index (κ2) is 12.3. The van der Waals surface area contributed by atoms with Gasteiger partial charge in [0.05, 0.1) is 31.0 Å². The summed E-state index contributed by atoms with van der Waals surface area (Å²) in [5.74, 6) is 0.746. The number of aliphatic hydroxyl groups is 2. The molecule has 2 aromatic rings. The number of nitrogens with one attached hydrogen (secondary N) is 1. The number of aromatic nitrogens is 1. The van der Waals surface area contributed by atoms with Gasteiger partial charge < -0.3 is 20.4 Å². The Morgan fingerprint density at radius 3 is 2.21 bits per heavy atom. The van der Waals surface area contributed by atoms with Crippen LogP contribution in [0.15, 0.2) is 42.6 Å². The van der Waals surface area contributed by atoms with Crippen LogP contribution in [0.4, 0.5) is 10.5 Å². The Labute approximate surface area is 204 Å². The van der Waals surface area contributed by atoms with Crippen molar-refractivity contribution in [3.8, 4) is 0 Å². The van der Waals surface area contributed by atoms with Crippen LogP contribution in [0.25, 0.3) is 0 Å². The van der Waals surface area contributed by atoms with Crippen molar-refractivity contribution in [1.29, 1.82) is 0 Å². The highest BCUT2D eigenvalue weighted by Gasteiger charge is 2.35. The largest absolute Gasteiger partial charge is 0.394 e. The molecule has 186 valence electrons. The Balaban J connectivity index is 2.03. The van der Waals surface area contributed by atoms with Gasteiger partial charge in [0, 0.05) is 11.9 Å². The maximum absolute atomic E-state index is 14.0. The molecule has 1 aliphatic rings. The molecule has 1 fully saturated rings. The Bertz CT molecular complexity index is 884.